The monoisotopic (exact) mass is 164 g/mol. The lowest BCUT2D eigenvalue weighted by Gasteiger charge is -2.18. The minimum atomic E-state index is -0.809. The number of aliphatic hydroxyl groups excluding tert-OH is 4. The van der Waals surface area contributed by atoms with Crippen molar-refractivity contribution >= 4 is 0 Å². The van der Waals surface area contributed by atoms with Crippen LogP contribution in [0.5, 0.6) is 0 Å². The van der Waals surface area contributed by atoms with Gasteiger partial charge in [-0.15, -0.1) is 0 Å². The predicted octanol–water partition coefficient (Wildman–Crippen LogP) is -1.28. The van der Waals surface area contributed by atoms with E-state index in [0.717, 1.165) is 0 Å². The summed E-state index contributed by atoms with van der Waals surface area (Å²) in [6, 6.07) is 0. The van der Waals surface area contributed by atoms with E-state index in [2.05, 4.69) is 0 Å². The summed E-state index contributed by atoms with van der Waals surface area (Å²) >= 11 is 0. The molecule has 0 aliphatic rings. The minimum Gasteiger partial charge on any atom is -0.394 e. The Balaban J connectivity index is 3.58. The first-order valence-electron chi connectivity index (χ1n) is 3.69. The quantitative estimate of drug-likeness (QED) is 0.408. The van der Waals surface area contributed by atoms with Gasteiger partial charge in [-0.25, -0.2) is 0 Å². The molecule has 0 aromatic rings. The summed E-state index contributed by atoms with van der Waals surface area (Å²) in [5.74, 6) is -0.192. The van der Waals surface area contributed by atoms with Gasteiger partial charge in [0.1, 0.15) is 0 Å². The van der Waals surface area contributed by atoms with Gasteiger partial charge in [0.15, 0.2) is 0 Å². The van der Waals surface area contributed by atoms with Gasteiger partial charge in [-0.1, -0.05) is 6.92 Å². The molecule has 0 fully saturated rings. The van der Waals surface area contributed by atoms with Crippen LogP contribution < -0.4 is 0 Å². The van der Waals surface area contributed by atoms with Gasteiger partial charge in [0.05, 0.1) is 25.4 Å². The second kappa shape index (κ2) is 5.49. The highest BCUT2D eigenvalue weighted by Gasteiger charge is 2.16. The Hall–Kier alpha value is -0.160. The molecule has 0 saturated carbocycles. The highest BCUT2D eigenvalue weighted by Crippen LogP contribution is 2.10. The second-order valence-corrected chi connectivity index (χ2v) is 2.80. The molecule has 3 atom stereocenters. The van der Waals surface area contributed by atoms with E-state index in [1.165, 1.54) is 0 Å². The lowest BCUT2D eigenvalue weighted by molar-refractivity contribution is 0.0150. The van der Waals surface area contributed by atoms with E-state index < -0.39 is 12.2 Å². The molecule has 0 radical (unpaired) electrons. The molecule has 0 aromatic carbocycles. The van der Waals surface area contributed by atoms with Gasteiger partial charge in [0.25, 0.3) is 0 Å². The second-order valence-electron chi connectivity index (χ2n) is 2.80. The van der Waals surface area contributed by atoms with Crippen LogP contribution in [0.1, 0.15) is 13.3 Å². The van der Waals surface area contributed by atoms with Crippen molar-refractivity contribution in [2.45, 2.75) is 25.6 Å². The molecule has 0 amide bonds. The third-order valence-corrected chi connectivity index (χ3v) is 1.70. The van der Waals surface area contributed by atoms with Crippen molar-refractivity contribution in [1.82, 2.24) is 0 Å². The molecule has 0 heterocycles. The summed E-state index contributed by atoms with van der Waals surface area (Å²) in [4.78, 5) is 0. The van der Waals surface area contributed by atoms with Crippen LogP contribution in [0.4, 0.5) is 0 Å². The van der Waals surface area contributed by atoms with E-state index in [9.17, 15) is 0 Å². The Morgan fingerprint density at radius 1 is 1.09 bits per heavy atom. The average Bonchev–Trinajstić information content (AvgIpc) is 2.02. The molecule has 0 rings (SSSR count). The predicted molar refractivity (Wildman–Crippen MR) is 40.0 cm³/mol. The van der Waals surface area contributed by atoms with Crippen LogP contribution in [-0.4, -0.2) is 45.8 Å². The van der Waals surface area contributed by atoms with Gasteiger partial charge in [-0.2, -0.15) is 0 Å². The molecule has 4 N–H and O–H groups in total. The smallest absolute Gasteiger partial charge is 0.0797 e. The molecule has 0 bridgehead atoms. The number of hydrogen-bond donors (Lipinski definition) is 4. The third kappa shape index (κ3) is 4.31. The largest absolute Gasteiger partial charge is 0.394 e. The summed E-state index contributed by atoms with van der Waals surface area (Å²) < 4.78 is 0. The maximum absolute atomic E-state index is 9.03. The van der Waals surface area contributed by atoms with Gasteiger partial charge in [0.2, 0.25) is 0 Å². The first kappa shape index (κ1) is 10.8. The Kier molecular flexibility index (Phi) is 5.41. The van der Waals surface area contributed by atoms with Crippen molar-refractivity contribution in [1.29, 1.82) is 0 Å². The molecule has 4 nitrogen and oxygen atoms in total. The van der Waals surface area contributed by atoms with Crippen molar-refractivity contribution < 1.29 is 20.4 Å². The van der Waals surface area contributed by atoms with Crippen LogP contribution in [0.3, 0.4) is 0 Å². The van der Waals surface area contributed by atoms with Gasteiger partial charge in [-0.05, 0) is 12.3 Å². The van der Waals surface area contributed by atoms with Crippen molar-refractivity contribution in [2.75, 3.05) is 13.2 Å². The Morgan fingerprint density at radius 2 is 1.64 bits per heavy atom. The number of rotatable bonds is 5. The fourth-order valence-corrected chi connectivity index (χ4v) is 0.841. The molecule has 0 saturated heterocycles. The van der Waals surface area contributed by atoms with Crippen LogP contribution in [0.25, 0.3) is 0 Å². The van der Waals surface area contributed by atoms with Crippen LogP contribution >= 0.6 is 0 Å². The maximum Gasteiger partial charge on any atom is 0.0797 e. The van der Waals surface area contributed by atoms with Crippen LogP contribution in [0, 0.1) is 5.92 Å². The fourth-order valence-electron chi connectivity index (χ4n) is 0.841. The zero-order valence-electron chi connectivity index (χ0n) is 6.64. The van der Waals surface area contributed by atoms with Gasteiger partial charge in [0, 0.05) is 0 Å². The normalized spacial score (nSPS) is 19.4. The molecular weight excluding hydrogens is 148 g/mol. The van der Waals surface area contributed by atoms with E-state index >= 15 is 0 Å². The molecule has 4 heteroatoms. The maximum atomic E-state index is 9.03. The Morgan fingerprint density at radius 3 is 2.00 bits per heavy atom. The topological polar surface area (TPSA) is 80.9 Å². The highest BCUT2D eigenvalue weighted by atomic mass is 16.3. The SMILES string of the molecule is CC(CC(O)CO)C(O)CO. The van der Waals surface area contributed by atoms with Gasteiger partial charge < -0.3 is 20.4 Å². The first-order chi connectivity index (χ1) is 5.11. The number of aliphatic hydroxyl groups is 4. The lowest BCUT2D eigenvalue weighted by Crippen LogP contribution is -2.27. The molecular formula is C7H16O4. The number of hydrogen-bond acceptors (Lipinski definition) is 4. The van der Waals surface area contributed by atoms with Crippen LogP contribution in [-0.2, 0) is 0 Å². The van der Waals surface area contributed by atoms with Crippen molar-refractivity contribution in [2.24, 2.45) is 5.92 Å². The zero-order valence-corrected chi connectivity index (χ0v) is 6.64. The van der Waals surface area contributed by atoms with Crippen molar-refractivity contribution in [3.63, 3.8) is 0 Å². The van der Waals surface area contributed by atoms with Crippen LogP contribution in [0.15, 0.2) is 0 Å². The van der Waals surface area contributed by atoms with Crippen molar-refractivity contribution in [3.05, 3.63) is 0 Å². The van der Waals surface area contributed by atoms with Crippen LogP contribution in [0.2, 0.25) is 0 Å². The lowest BCUT2D eigenvalue weighted by atomic mass is 9.98. The Bertz CT molecular complexity index is 96.4. The third-order valence-electron chi connectivity index (χ3n) is 1.70. The molecule has 0 aromatic heterocycles. The Labute approximate surface area is 66.1 Å². The minimum absolute atomic E-state index is 0.192. The average molecular weight is 164 g/mol. The highest BCUT2D eigenvalue weighted by molar-refractivity contribution is 4.67. The van der Waals surface area contributed by atoms with Gasteiger partial charge in [-0.3, -0.25) is 0 Å². The summed E-state index contributed by atoms with van der Waals surface area (Å²) in [5.41, 5.74) is 0. The first-order valence-corrected chi connectivity index (χ1v) is 3.69. The van der Waals surface area contributed by atoms with Gasteiger partial charge >= 0.3 is 0 Å². The summed E-state index contributed by atoms with van der Waals surface area (Å²) in [5, 5.41) is 34.9. The molecule has 68 valence electrons. The summed E-state index contributed by atoms with van der Waals surface area (Å²) in [6.07, 6.45) is -1.31. The molecule has 3 unspecified atom stereocenters. The van der Waals surface area contributed by atoms with E-state index in [4.69, 9.17) is 20.4 Å². The van der Waals surface area contributed by atoms with E-state index in [-0.39, 0.29) is 19.1 Å². The van der Waals surface area contributed by atoms with Crippen molar-refractivity contribution in [3.8, 4) is 0 Å². The fraction of sp³-hybridized carbons (Fsp3) is 1.00. The summed E-state index contributed by atoms with van der Waals surface area (Å²) in [6.45, 7) is 1.10. The molecule has 0 spiro atoms. The standard InChI is InChI=1S/C7H16O4/c1-5(7(11)4-9)2-6(10)3-8/h5-11H,2-4H2,1H3. The van der Waals surface area contributed by atoms with E-state index in [0.29, 0.717) is 6.42 Å². The van der Waals surface area contributed by atoms with E-state index in [1.54, 1.807) is 6.92 Å². The summed E-state index contributed by atoms with van der Waals surface area (Å²) in [7, 11) is 0. The van der Waals surface area contributed by atoms with E-state index in [1.807, 2.05) is 0 Å². The zero-order chi connectivity index (χ0) is 8.85. The molecule has 0 aliphatic heterocycles. The molecule has 0 aliphatic carbocycles. The molecule has 11 heavy (non-hydrogen) atoms.